The summed E-state index contributed by atoms with van der Waals surface area (Å²) in [7, 11) is 3.18. The van der Waals surface area contributed by atoms with Gasteiger partial charge in [-0.15, -0.1) is 0 Å². The lowest BCUT2D eigenvalue weighted by molar-refractivity contribution is 0.0945. The fraction of sp³-hybridized carbons (Fsp3) is 0.389. The Morgan fingerprint density at radius 3 is 2.73 bits per heavy atom. The van der Waals surface area contributed by atoms with Gasteiger partial charge < -0.3 is 24.4 Å². The summed E-state index contributed by atoms with van der Waals surface area (Å²) in [6.45, 7) is 3.14. The first-order valence-corrected chi connectivity index (χ1v) is 8.35. The smallest absolute Gasteiger partial charge is 0.270 e. The monoisotopic (exact) mass is 358 g/mol. The van der Waals surface area contributed by atoms with Gasteiger partial charge in [0.25, 0.3) is 5.91 Å². The minimum absolute atomic E-state index is 0.264. The standard InChI is InChI=1S/C18H22N4O4/c1-24-14-4-3-13(16(9-14)25-2)11-19-18(23)15-10-17(21-12-20-15)22-5-7-26-8-6-22/h3-4,9-10,12H,5-8,11H2,1-2H3,(H,19,23). The molecule has 1 N–H and O–H groups in total. The zero-order valence-corrected chi connectivity index (χ0v) is 14.9. The Morgan fingerprint density at radius 2 is 2.00 bits per heavy atom. The Kier molecular flexibility index (Phi) is 5.85. The van der Waals surface area contributed by atoms with Gasteiger partial charge in [-0.2, -0.15) is 0 Å². The third kappa shape index (κ3) is 4.20. The van der Waals surface area contributed by atoms with Crippen LogP contribution in [0.5, 0.6) is 11.5 Å². The molecule has 1 fully saturated rings. The van der Waals surface area contributed by atoms with E-state index in [9.17, 15) is 4.79 Å². The maximum atomic E-state index is 12.5. The van der Waals surface area contributed by atoms with Gasteiger partial charge in [-0.1, -0.05) is 0 Å². The van der Waals surface area contributed by atoms with Crippen LogP contribution < -0.4 is 19.7 Å². The average molecular weight is 358 g/mol. The SMILES string of the molecule is COc1ccc(CNC(=O)c2cc(N3CCOCC3)ncn2)c(OC)c1. The molecule has 0 aliphatic carbocycles. The molecule has 26 heavy (non-hydrogen) atoms. The third-order valence-electron chi connectivity index (χ3n) is 4.15. The van der Waals surface area contributed by atoms with E-state index in [1.807, 2.05) is 12.1 Å². The normalized spacial score (nSPS) is 14.0. The molecule has 2 aromatic rings. The molecule has 1 aliphatic heterocycles. The highest BCUT2D eigenvalue weighted by molar-refractivity contribution is 5.92. The molecule has 0 bridgehead atoms. The van der Waals surface area contributed by atoms with Crippen LogP contribution >= 0.6 is 0 Å². The van der Waals surface area contributed by atoms with Gasteiger partial charge in [0, 0.05) is 37.3 Å². The lowest BCUT2D eigenvalue weighted by Gasteiger charge is -2.27. The van der Waals surface area contributed by atoms with Crippen molar-refractivity contribution in [2.75, 3.05) is 45.4 Å². The number of amides is 1. The molecule has 138 valence electrons. The van der Waals surface area contributed by atoms with Crippen LogP contribution in [-0.2, 0) is 11.3 Å². The van der Waals surface area contributed by atoms with E-state index >= 15 is 0 Å². The minimum atomic E-state index is -0.264. The number of methoxy groups -OCH3 is 2. The van der Waals surface area contributed by atoms with Crippen molar-refractivity contribution in [3.63, 3.8) is 0 Å². The summed E-state index contributed by atoms with van der Waals surface area (Å²) in [6.07, 6.45) is 1.41. The molecule has 8 heteroatoms. The van der Waals surface area contributed by atoms with Crippen LogP contribution in [0.3, 0.4) is 0 Å². The number of carbonyl (C=O) groups is 1. The van der Waals surface area contributed by atoms with Crippen molar-refractivity contribution >= 4 is 11.7 Å². The quantitative estimate of drug-likeness (QED) is 0.832. The number of hydrogen-bond donors (Lipinski definition) is 1. The molecular formula is C18H22N4O4. The van der Waals surface area contributed by atoms with Gasteiger partial charge in [0.1, 0.15) is 29.3 Å². The summed E-state index contributed by atoms with van der Waals surface area (Å²) in [5.41, 5.74) is 1.18. The van der Waals surface area contributed by atoms with Crippen LogP contribution in [0.15, 0.2) is 30.6 Å². The molecule has 1 amide bonds. The zero-order valence-electron chi connectivity index (χ0n) is 14.9. The first kappa shape index (κ1) is 17.9. The van der Waals surface area contributed by atoms with Crippen LogP contribution in [0.25, 0.3) is 0 Å². The van der Waals surface area contributed by atoms with E-state index < -0.39 is 0 Å². The van der Waals surface area contributed by atoms with Crippen molar-refractivity contribution in [1.82, 2.24) is 15.3 Å². The van der Waals surface area contributed by atoms with Crippen LogP contribution in [0.4, 0.5) is 5.82 Å². The number of ether oxygens (including phenoxy) is 3. The largest absolute Gasteiger partial charge is 0.497 e. The maximum absolute atomic E-state index is 12.5. The molecule has 0 radical (unpaired) electrons. The van der Waals surface area contributed by atoms with E-state index in [-0.39, 0.29) is 5.91 Å². The molecule has 8 nitrogen and oxygen atoms in total. The predicted octanol–water partition coefficient (Wildman–Crippen LogP) is 1.26. The van der Waals surface area contributed by atoms with Gasteiger partial charge in [-0.3, -0.25) is 4.79 Å². The number of aromatic nitrogens is 2. The highest BCUT2D eigenvalue weighted by Crippen LogP contribution is 2.24. The summed E-state index contributed by atoms with van der Waals surface area (Å²) >= 11 is 0. The van der Waals surface area contributed by atoms with Gasteiger partial charge in [0.15, 0.2) is 0 Å². The number of morpholine rings is 1. The summed E-state index contributed by atoms with van der Waals surface area (Å²) in [5.74, 6) is 1.82. The fourth-order valence-corrected chi connectivity index (χ4v) is 2.70. The number of nitrogens with zero attached hydrogens (tertiary/aromatic N) is 3. The van der Waals surface area contributed by atoms with E-state index in [1.54, 1.807) is 26.4 Å². The Balaban J connectivity index is 1.67. The van der Waals surface area contributed by atoms with E-state index in [4.69, 9.17) is 14.2 Å². The first-order valence-electron chi connectivity index (χ1n) is 8.35. The van der Waals surface area contributed by atoms with Crippen molar-refractivity contribution in [2.24, 2.45) is 0 Å². The number of carbonyl (C=O) groups excluding carboxylic acids is 1. The van der Waals surface area contributed by atoms with Crippen molar-refractivity contribution in [1.29, 1.82) is 0 Å². The summed E-state index contributed by atoms with van der Waals surface area (Å²) in [4.78, 5) is 22.9. The minimum Gasteiger partial charge on any atom is -0.497 e. The molecule has 1 aliphatic rings. The summed E-state index contributed by atoms with van der Waals surface area (Å²) < 4.78 is 15.9. The lowest BCUT2D eigenvalue weighted by Crippen LogP contribution is -2.37. The molecule has 1 saturated heterocycles. The molecule has 0 saturated carbocycles. The Labute approximate surface area is 152 Å². The van der Waals surface area contributed by atoms with Crippen LogP contribution in [0.1, 0.15) is 16.1 Å². The zero-order chi connectivity index (χ0) is 18.4. The second kappa shape index (κ2) is 8.48. The van der Waals surface area contributed by atoms with Crippen molar-refractivity contribution in [3.05, 3.63) is 41.9 Å². The molecule has 1 aromatic heterocycles. The highest BCUT2D eigenvalue weighted by Gasteiger charge is 2.16. The fourth-order valence-electron chi connectivity index (χ4n) is 2.70. The number of rotatable bonds is 6. The number of hydrogen-bond acceptors (Lipinski definition) is 7. The number of anilines is 1. The van der Waals surface area contributed by atoms with Crippen molar-refractivity contribution < 1.29 is 19.0 Å². The molecule has 2 heterocycles. The third-order valence-corrected chi connectivity index (χ3v) is 4.15. The number of benzene rings is 1. The maximum Gasteiger partial charge on any atom is 0.270 e. The van der Waals surface area contributed by atoms with E-state index in [0.29, 0.717) is 37.0 Å². The van der Waals surface area contributed by atoms with Crippen LogP contribution in [0, 0.1) is 0 Å². The molecule has 0 spiro atoms. The van der Waals surface area contributed by atoms with Crippen LogP contribution in [-0.4, -0.2) is 56.4 Å². The molecule has 3 rings (SSSR count). The summed E-state index contributed by atoms with van der Waals surface area (Å²) in [6, 6.07) is 7.16. The number of nitrogens with one attached hydrogen (secondary N) is 1. The topological polar surface area (TPSA) is 85.8 Å². The Bertz CT molecular complexity index is 763. The predicted molar refractivity (Wildman–Crippen MR) is 95.8 cm³/mol. The van der Waals surface area contributed by atoms with Gasteiger partial charge >= 0.3 is 0 Å². The van der Waals surface area contributed by atoms with Crippen molar-refractivity contribution in [3.8, 4) is 11.5 Å². The van der Waals surface area contributed by atoms with Gasteiger partial charge in [0.05, 0.1) is 27.4 Å². The van der Waals surface area contributed by atoms with E-state index in [2.05, 4.69) is 20.2 Å². The Hall–Kier alpha value is -2.87. The second-order valence-corrected chi connectivity index (χ2v) is 5.72. The van der Waals surface area contributed by atoms with Crippen molar-refractivity contribution in [2.45, 2.75) is 6.54 Å². The van der Waals surface area contributed by atoms with Crippen LogP contribution in [0.2, 0.25) is 0 Å². The molecule has 0 unspecified atom stereocenters. The van der Waals surface area contributed by atoms with E-state index in [0.717, 1.165) is 24.5 Å². The van der Waals surface area contributed by atoms with Gasteiger partial charge in [-0.25, -0.2) is 9.97 Å². The molecule has 0 atom stereocenters. The molecule has 1 aromatic carbocycles. The van der Waals surface area contributed by atoms with Gasteiger partial charge in [-0.05, 0) is 12.1 Å². The van der Waals surface area contributed by atoms with E-state index in [1.165, 1.54) is 6.33 Å². The highest BCUT2D eigenvalue weighted by atomic mass is 16.5. The second-order valence-electron chi connectivity index (χ2n) is 5.72. The molecular weight excluding hydrogens is 336 g/mol. The summed E-state index contributed by atoms with van der Waals surface area (Å²) in [5, 5.41) is 2.86. The van der Waals surface area contributed by atoms with Gasteiger partial charge in [0.2, 0.25) is 0 Å². The Morgan fingerprint density at radius 1 is 1.19 bits per heavy atom. The lowest BCUT2D eigenvalue weighted by atomic mass is 10.2. The first-order chi connectivity index (χ1) is 12.7. The average Bonchev–Trinajstić information content (AvgIpc) is 2.72.